The minimum atomic E-state index is -1.46. The average molecular weight is 320 g/mol. The molecule has 11 heteroatoms. The quantitative estimate of drug-likeness (QED) is 0.221. The van der Waals surface area contributed by atoms with Gasteiger partial charge in [-0.2, -0.15) is 0 Å². The van der Waals surface area contributed by atoms with E-state index >= 15 is 0 Å². The summed E-state index contributed by atoms with van der Waals surface area (Å²) in [5.41, 5.74) is 5.33. The number of carbonyl (C=O) groups excluding carboxylic acids is 3. The standard InChI is InChI=1S/C11H20N4O7/c1-5(17)9(12)10(20)14-2-7(18)13-3-8(19)15-6(4-16)11(21)22/h5-6,9,16-17H,2-4,12H2,1H3,(H,13,18)(H,14,20)(H,15,19)(H,21,22)/t5?,6-,9?/m0/s1. The van der Waals surface area contributed by atoms with Gasteiger partial charge in [0.15, 0.2) is 0 Å². The molecule has 0 fully saturated rings. The molecule has 0 saturated heterocycles. The van der Waals surface area contributed by atoms with Crippen LogP contribution in [0.3, 0.4) is 0 Å². The Bertz CT molecular complexity index is 427. The molecule has 22 heavy (non-hydrogen) atoms. The van der Waals surface area contributed by atoms with E-state index in [1.807, 2.05) is 5.32 Å². The van der Waals surface area contributed by atoms with Crippen molar-refractivity contribution in [3.05, 3.63) is 0 Å². The highest BCUT2D eigenvalue weighted by molar-refractivity contribution is 5.90. The van der Waals surface area contributed by atoms with E-state index < -0.39 is 61.6 Å². The van der Waals surface area contributed by atoms with E-state index in [0.717, 1.165) is 0 Å². The highest BCUT2D eigenvalue weighted by Crippen LogP contribution is 1.87. The molecule has 0 saturated carbocycles. The molecular weight excluding hydrogens is 300 g/mol. The van der Waals surface area contributed by atoms with Crippen LogP contribution in [0.15, 0.2) is 0 Å². The molecule has 0 heterocycles. The summed E-state index contributed by atoms with van der Waals surface area (Å²) >= 11 is 0. The lowest BCUT2D eigenvalue weighted by Crippen LogP contribution is -2.51. The highest BCUT2D eigenvalue weighted by atomic mass is 16.4. The summed E-state index contributed by atoms with van der Waals surface area (Å²) in [6.07, 6.45) is -1.08. The van der Waals surface area contributed by atoms with Crippen molar-refractivity contribution in [2.45, 2.75) is 25.1 Å². The molecule has 3 amide bonds. The Morgan fingerprint density at radius 1 is 1.09 bits per heavy atom. The molecule has 0 bridgehead atoms. The number of aliphatic hydroxyl groups excluding tert-OH is 2. The molecule has 2 unspecified atom stereocenters. The van der Waals surface area contributed by atoms with Gasteiger partial charge in [-0.1, -0.05) is 0 Å². The van der Waals surface area contributed by atoms with Gasteiger partial charge in [0.25, 0.3) is 0 Å². The smallest absolute Gasteiger partial charge is 0.328 e. The van der Waals surface area contributed by atoms with Crippen LogP contribution < -0.4 is 21.7 Å². The van der Waals surface area contributed by atoms with Gasteiger partial charge in [0, 0.05) is 0 Å². The first kappa shape index (κ1) is 19.8. The fourth-order valence-electron chi connectivity index (χ4n) is 1.18. The van der Waals surface area contributed by atoms with Crippen LogP contribution in [0, 0.1) is 0 Å². The zero-order valence-corrected chi connectivity index (χ0v) is 11.9. The third kappa shape index (κ3) is 7.52. The second-order valence-electron chi connectivity index (χ2n) is 4.40. The summed E-state index contributed by atoms with van der Waals surface area (Å²) in [7, 11) is 0. The third-order valence-electron chi connectivity index (χ3n) is 2.51. The molecule has 0 radical (unpaired) electrons. The van der Waals surface area contributed by atoms with Crippen LogP contribution in [0.1, 0.15) is 6.92 Å². The minimum Gasteiger partial charge on any atom is -0.480 e. The number of nitrogens with two attached hydrogens (primary N) is 1. The maximum Gasteiger partial charge on any atom is 0.328 e. The molecule has 0 aromatic heterocycles. The van der Waals surface area contributed by atoms with E-state index in [4.69, 9.17) is 21.1 Å². The van der Waals surface area contributed by atoms with Crippen LogP contribution in [0.25, 0.3) is 0 Å². The summed E-state index contributed by atoms with van der Waals surface area (Å²) in [5.74, 6) is -3.68. The van der Waals surface area contributed by atoms with E-state index in [1.165, 1.54) is 6.92 Å². The van der Waals surface area contributed by atoms with Gasteiger partial charge in [0.2, 0.25) is 17.7 Å². The summed E-state index contributed by atoms with van der Waals surface area (Å²) in [6, 6.07) is -2.65. The first-order valence-corrected chi connectivity index (χ1v) is 6.30. The molecule has 0 spiro atoms. The second-order valence-corrected chi connectivity index (χ2v) is 4.40. The van der Waals surface area contributed by atoms with Crippen molar-refractivity contribution in [1.29, 1.82) is 0 Å². The number of aliphatic hydroxyl groups is 2. The van der Waals surface area contributed by atoms with Crippen molar-refractivity contribution >= 4 is 23.7 Å². The fourth-order valence-corrected chi connectivity index (χ4v) is 1.18. The summed E-state index contributed by atoms with van der Waals surface area (Å²) in [6.45, 7) is -0.465. The van der Waals surface area contributed by atoms with Crippen molar-refractivity contribution in [2.75, 3.05) is 19.7 Å². The normalized spacial score (nSPS) is 14.4. The number of nitrogens with one attached hydrogen (secondary N) is 3. The van der Waals surface area contributed by atoms with Gasteiger partial charge in [0.1, 0.15) is 12.1 Å². The van der Waals surface area contributed by atoms with Crippen LogP contribution in [0.2, 0.25) is 0 Å². The average Bonchev–Trinajstić information content (AvgIpc) is 2.46. The number of aliphatic carboxylic acids is 1. The first-order chi connectivity index (χ1) is 10.2. The second kappa shape index (κ2) is 9.65. The molecular formula is C11H20N4O7. The van der Waals surface area contributed by atoms with Crippen LogP contribution in [-0.4, -0.2) is 76.9 Å². The molecule has 0 aromatic carbocycles. The van der Waals surface area contributed by atoms with Gasteiger partial charge in [-0.15, -0.1) is 0 Å². The first-order valence-electron chi connectivity index (χ1n) is 6.30. The van der Waals surface area contributed by atoms with Crippen molar-refractivity contribution in [3.8, 4) is 0 Å². The van der Waals surface area contributed by atoms with Crippen LogP contribution in [0.5, 0.6) is 0 Å². The monoisotopic (exact) mass is 320 g/mol. The van der Waals surface area contributed by atoms with Gasteiger partial charge in [-0.25, -0.2) is 4.79 Å². The zero-order valence-electron chi connectivity index (χ0n) is 11.9. The number of carboxylic acids is 1. The SMILES string of the molecule is CC(O)C(N)C(=O)NCC(=O)NCC(=O)N[C@@H](CO)C(=O)O. The lowest BCUT2D eigenvalue weighted by atomic mass is 10.2. The van der Waals surface area contributed by atoms with Crippen molar-refractivity contribution in [1.82, 2.24) is 16.0 Å². The van der Waals surface area contributed by atoms with E-state index in [9.17, 15) is 19.2 Å². The molecule has 11 nitrogen and oxygen atoms in total. The number of carboxylic acid groups (broad SMARTS) is 1. The Morgan fingerprint density at radius 2 is 1.64 bits per heavy atom. The Morgan fingerprint density at radius 3 is 2.09 bits per heavy atom. The van der Waals surface area contributed by atoms with Crippen molar-refractivity contribution in [2.24, 2.45) is 5.73 Å². The van der Waals surface area contributed by atoms with Crippen molar-refractivity contribution in [3.63, 3.8) is 0 Å². The minimum absolute atomic E-state index is 0.463. The van der Waals surface area contributed by atoms with E-state index in [-0.39, 0.29) is 0 Å². The third-order valence-corrected chi connectivity index (χ3v) is 2.51. The molecule has 126 valence electrons. The molecule has 0 aliphatic heterocycles. The lowest BCUT2D eigenvalue weighted by molar-refractivity contribution is -0.142. The Labute approximate surface area is 125 Å². The maximum absolute atomic E-state index is 11.4. The van der Waals surface area contributed by atoms with Crippen molar-refractivity contribution < 1.29 is 34.5 Å². The molecule has 0 aliphatic rings. The predicted molar refractivity (Wildman–Crippen MR) is 72.3 cm³/mol. The fraction of sp³-hybridized carbons (Fsp3) is 0.636. The number of carbonyl (C=O) groups is 4. The largest absolute Gasteiger partial charge is 0.480 e. The van der Waals surface area contributed by atoms with Crippen LogP contribution in [-0.2, 0) is 19.2 Å². The lowest BCUT2D eigenvalue weighted by Gasteiger charge is -2.14. The summed E-state index contributed by atoms with van der Waals surface area (Å²) in [4.78, 5) is 44.6. The van der Waals surface area contributed by atoms with E-state index in [1.54, 1.807) is 0 Å². The molecule has 8 N–H and O–H groups in total. The van der Waals surface area contributed by atoms with Gasteiger partial charge in [0.05, 0.1) is 25.8 Å². The Kier molecular flexibility index (Phi) is 8.67. The molecule has 3 atom stereocenters. The zero-order chi connectivity index (χ0) is 17.3. The molecule has 0 aliphatic carbocycles. The van der Waals surface area contributed by atoms with Gasteiger partial charge < -0.3 is 37.0 Å². The topological polar surface area (TPSA) is 191 Å². The van der Waals surface area contributed by atoms with Crippen LogP contribution in [0.4, 0.5) is 0 Å². The predicted octanol–water partition coefficient (Wildman–Crippen LogP) is -4.51. The number of hydrogen-bond donors (Lipinski definition) is 7. The Balaban J connectivity index is 4.06. The maximum atomic E-state index is 11.4. The number of hydrogen-bond acceptors (Lipinski definition) is 7. The number of rotatable bonds is 9. The van der Waals surface area contributed by atoms with Gasteiger partial charge in [-0.3, -0.25) is 14.4 Å². The Hall–Kier alpha value is -2.24. The molecule has 0 rings (SSSR count). The number of amides is 3. The van der Waals surface area contributed by atoms with E-state index in [0.29, 0.717) is 0 Å². The summed E-state index contributed by atoms with van der Waals surface area (Å²) < 4.78 is 0. The van der Waals surface area contributed by atoms with E-state index in [2.05, 4.69) is 10.6 Å². The van der Waals surface area contributed by atoms with Crippen LogP contribution >= 0.6 is 0 Å². The summed E-state index contributed by atoms with van der Waals surface area (Å²) in [5, 5.41) is 32.6. The van der Waals surface area contributed by atoms with Gasteiger partial charge in [-0.05, 0) is 6.92 Å². The highest BCUT2D eigenvalue weighted by Gasteiger charge is 2.20. The molecule has 0 aromatic rings. The van der Waals surface area contributed by atoms with Gasteiger partial charge >= 0.3 is 5.97 Å².